The van der Waals surface area contributed by atoms with Crippen molar-refractivity contribution in [3.63, 3.8) is 0 Å². The van der Waals surface area contributed by atoms with Gasteiger partial charge in [0.25, 0.3) is 0 Å². The maximum Gasteiger partial charge on any atom is 0.326 e. The Morgan fingerprint density at radius 3 is 2.81 bits per heavy atom. The van der Waals surface area contributed by atoms with E-state index in [-0.39, 0.29) is 0 Å². The van der Waals surface area contributed by atoms with E-state index in [1.54, 1.807) is 4.68 Å². The lowest BCUT2D eigenvalue weighted by Crippen LogP contribution is -2.38. The molecule has 0 aliphatic carbocycles. The fourth-order valence-corrected chi connectivity index (χ4v) is 3.34. The molecule has 1 atom stereocenters. The van der Waals surface area contributed by atoms with E-state index in [4.69, 9.17) is 0 Å². The molecule has 1 aliphatic rings. The Labute approximate surface area is 131 Å². The average Bonchev–Trinajstić information content (AvgIpc) is 2.93. The van der Waals surface area contributed by atoms with Gasteiger partial charge in [-0.3, -0.25) is 4.68 Å². The highest BCUT2D eigenvalue weighted by Crippen LogP contribution is 2.34. The molecule has 0 amide bonds. The number of aryl methyl sites for hydroxylation is 2. The number of fused-ring (bicyclic) bond motifs is 1. The summed E-state index contributed by atoms with van der Waals surface area (Å²) in [5, 5.41) is 13.9. The number of rotatable bonds is 3. The number of halogens is 1. The summed E-state index contributed by atoms with van der Waals surface area (Å²) in [5.41, 5.74) is 3.97. The van der Waals surface area contributed by atoms with Crippen LogP contribution in [0.25, 0.3) is 0 Å². The van der Waals surface area contributed by atoms with Crippen LogP contribution in [0.4, 0.5) is 5.69 Å². The zero-order chi connectivity index (χ0) is 15.1. The number of anilines is 1. The van der Waals surface area contributed by atoms with Crippen LogP contribution in [0.1, 0.15) is 17.0 Å². The van der Waals surface area contributed by atoms with Crippen molar-refractivity contribution in [1.29, 1.82) is 0 Å². The van der Waals surface area contributed by atoms with Crippen molar-refractivity contribution in [2.24, 2.45) is 7.05 Å². The van der Waals surface area contributed by atoms with Crippen molar-refractivity contribution < 1.29 is 9.90 Å². The standard InChI is InChI=1S/C15H16BrN3O2/c1-9-14(16)13(18(2)17-9)8-19-11-6-4-3-5-10(11)7-12(19)15(20)21/h3-6,12H,7-8H2,1-2H3,(H,20,21). The molecule has 110 valence electrons. The molecule has 0 saturated heterocycles. The zero-order valence-electron chi connectivity index (χ0n) is 11.9. The highest BCUT2D eigenvalue weighted by atomic mass is 79.9. The van der Waals surface area contributed by atoms with Crippen LogP contribution in [0.2, 0.25) is 0 Å². The molecule has 0 saturated carbocycles. The first-order valence-corrected chi connectivity index (χ1v) is 7.53. The Morgan fingerprint density at radius 1 is 1.48 bits per heavy atom. The van der Waals surface area contributed by atoms with E-state index in [2.05, 4.69) is 21.0 Å². The third-order valence-electron chi connectivity index (χ3n) is 3.96. The summed E-state index contributed by atoms with van der Waals surface area (Å²) >= 11 is 3.55. The van der Waals surface area contributed by atoms with Crippen molar-refractivity contribution >= 4 is 27.6 Å². The molecule has 1 aromatic carbocycles. The fourth-order valence-electron chi connectivity index (χ4n) is 2.88. The second-order valence-corrected chi connectivity index (χ2v) is 6.08. The van der Waals surface area contributed by atoms with E-state index in [1.807, 2.05) is 43.1 Å². The predicted molar refractivity (Wildman–Crippen MR) is 83.4 cm³/mol. The van der Waals surface area contributed by atoms with Gasteiger partial charge in [-0.25, -0.2) is 4.79 Å². The molecule has 1 aliphatic heterocycles. The summed E-state index contributed by atoms with van der Waals surface area (Å²) in [7, 11) is 1.88. The smallest absolute Gasteiger partial charge is 0.326 e. The highest BCUT2D eigenvalue weighted by Gasteiger charge is 2.35. The van der Waals surface area contributed by atoms with Crippen molar-refractivity contribution in [3.8, 4) is 0 Å². The largest absolute Gasteiger partial charge is 0.480 e. The lowest BCUT2D eigenvalue weighted by Gasteiger charge is -2.25. The van der Waals surface area contributed by atoms with Gasteiger partial charge < -0.3 is 10.0 Å². The Morgan fingerprint density at radius 2 is 2.19 bits per heavy atom. The molecule has 0 bridgehead atoms. The minimum atomic E-state index is -0.791. The van der Waals surface area contributed by atoms with Crippen molar-refractivity contribution in [3.05, 3.63) is 45.7 Å². The number of hydrogen-bond donors (Lipinski definition) is 1. The van der Waals surface area contributed by atoms with Crippen molar-refractivity contribution in [1.82, 2.24) is 9.78 Å². The molecule has 21 heavy (non-hydrogen) atoms. The van der Waals surface area contributed by atoms with Gasteiger partial charge in [0.05, 0.1) is 22.4 Å². The predicted octanol–water partition coefficient (Wildman–Crippen LogP) is 2.51. The van der Waals surface area contributed by atoms with Crippen LogP contribution < -0.4 is 4.90 Å². The number of carboxylic acids is 1. The molecule has 0 fully saturated rings. The molecule has 2 heterocycles. The van der Waals surface area contributed by atoms with E-state index in [9.17, 15) is 9.90 Å². The molecule has 0 radical (unpaired) electrons. The van der Waals surface area contributed by atoms with E-state index in [0.29, 0.717) is 13.0 Å². The second-order valence-electron chi connectivity index (χ2n) is 5.28. The Hall–Kier alpha value is -1.82. The van der Waals surface area contributed by atoms with Crippen LogP contribution in [0.5, 0.6) is 0 Å². The third-order valence-corrected chi connectivity index (χ3v) is 4.99. The van der Waals surface area contributed by atoms with E-state index in [0.717, 1.165) is 27.1 Å². The monoisotopic (exact) mass is 349 g/mol. The topological polar surface area (TPSA) is 58.4 Å². The average molecular weight is 350 g/mol. The lowest BCUT2D eigenvalue weighted by molar-refractivity contribution is -0.138. The summed E-state index contributed by atoms with van der Waals surface area (Å²) in [4.78, 5) is 13.5. The number of hydrogen-bond acceptors (Lipinski definition) is 3. The van der Waals surface area contributed by atoms with E-state index in [1.165, 1.54) is 0 Å². The quantitative estimate of drug-likeness (QED) is 0.924. The second kappa shape index (κ2) is 5.18. The summed E-state index contributed by atoms with van der Waals surface area (Å²) < 4.78 is 2.75. The van der Waals surface area contributed by atoms with Gasteiger partial charge in [0.2, 0.25) is 0 Å². The number of carbonyl (C=O) groups is 1. The first-order valence-electron chi connectivity index (χ1n) is 6.74. The van der Waals surface area contributed by atoms with Crippen LogP contribution in [0, 0.1) is 6.92 Å². The van der Waals surface area contributed by atoms with Gasteiger partial charge >= 0.3 is 5.97 Å². The number of carboxylic acid groups (broad SMARTS) is 1. The van der Waals surface area contributed by atoms with Gasteiger partial charge in [0.15, 0.2) is 0 Å². The molecule has 2 aromatic rings. The summed E-state index contributed by atoms with van der Waals surface area (Å²) in [6.45, 7) is 2.45. The van der Waals surface area contributed by atoms with Crippen molar-refractivity contribution in [2.45, 2.75) is 25.9 Å². The third kappa shape index (κ3) is 2.33. The van der Waals surface area contributed by atoms with E-state index < -0.39 is 12.0 Å². The number of para-hydroxylation sites is 1. The fraction of sp³-hybridized carbons (Fsp3) is 0.333. The Bertz CT molecular complexity index is 711. The van der Waals surface area contributed by atoms with Gasteiger partial charge in [0.1, 0.15) is 6.04 Å². The molecular formula is C15H16BrN3O2. The van der Waals surface area contributed by atoms with Crippen LogP contribution in [-0.2, 0) is 24.8 Å². The summed E-state index contributed by atoms with van der Waals surface area (Å²) in [6, 6.07) is 7.35. The Balaban J connectivity index is 2.00. The van der Waals surface area contributed by atoms with Gasteiger partial charge in [0, 0.05) is 19.2 Å². The number of benzene rings is 1. The molecule has 1 aromatic heterocycles. The van der Waals surface area contributed by atoms with Crippen LogP contribution in [-0.4, -0.2) is 26.9 Å². The molecule has 6 heteroatoms. The lowest BCUT2D eigenvalue weighted by atomic mass is 10.1. The maximum absolute atomic E-state index is 11.6. The van der Waals surface area contributed by atoms with Gasteiger partial charge in [-0.05, 0) is 34.5 Å². The zero-order valence-corrected chi connectivity index (χ0v) is 13.5. The van der Waals surface area contributed by atoms with Crippen LogP contribution in [0.15, 0.2) is 28.7 Å². The molecule has 3 rings (SSSR count). The molecule has 5 nitrogen and oxygen atoms in total. The normalized spacial score (nSPS) is 17.1. The maximum atomic E-state index is 11.6. The summed E-state index contributed by atoms with van der Waals surface area (Å²) in [6.07, 6.45) is 0.542. The molecule has 1 unspecified atom stereocenters. The molecule has 1 N–H and O–H groups in total. The number of aliphatic carboxylic acids is 1. The minimum Gasteiger partial charge on any atom is -0.480 e. The minimum absolute atomic E-state index is 0.520. The highest BCUT2D eigenvalue weighted by molar-refractivity contribution is 9.10. The van der Waals surface area contributed by atoms with E-state index >= 15 is 0 Å². The van der Waals surface area contributed by atoms with Gasteiger partial charge in [-0.15, -0.1) is 0 Å². The SMILES string of the molecule is Cc1nn(C)c(CN2c3ccccc3CC2C(=O)O)c1Br. The first kappa shape index (κ1) is 14.1. The molecule has 0 spiro atoms. The Kier molecular flexibility index (Phi) is 3.49. The van der Waals surface area contributed by atoms with Crippen LogP contribution in [0.3, 0.4) is 0 Å². The first-order chi connectivity index (χ1) is 9.99. The number of aromatic nitrogens is 2. The van der Waals surface area contributed by atoms with Gasteiger partial charge in [-0.1, -0.05) is 18.2 Å². The summed E-state index contributed by atoms with van der Waals surface area (Å²) in [5.74, 6) is -0.791. The molecular weight excluding hydrogens is 334 g/mol. The number of nitrogens with zero attached hydrogens (tertiary/aromatic N) is 3. The van der Waals surface area contributed by atoms with Crippen LogP contribution >= 0.6 is 15.9 Å². The van der Waals surface area contributed by atoms with Gasteiger partial charge in [-0.2, -0.15) is 5.10 Å². The van der Waals surface area contributed by atoms with Crippen molar-refractivity contribution in [2.75, 3.05) is 4.90 Å².